The molecule has 2 heterocycles. The maximum absolute atomic E-state index is 12.8. The zero-order valence-corrected chi connectivity index (χ0v) is 16.1. The first kappa shape index (κ1) is 18.6. The first-order valence-electron chi connectivity index (χ1n) is 8.99. The molecule has 0 fully saturated rings. The molecule has 2 amide bonds. The molecule has 0 atom stereocenters. The summed E-state index contributed by atoms with van der Waals surface area (Å²) in [5, 5.41) is 11.4. The number of benzene rings is 1. The average molecular weight is 368 g/mol. The van der Waals surface area contributed by atoms with Crippen LogP contribution >= 0.6 is 0 Å². The molecule has 0 radical (unpaired) electrons. The molecule has 27 heavy (non-hydrogen) atoms. The molecule has 8 heteroatoms. The minimum Gasteiger partial charge on any atom is -0.337 e. The molecule has 8 nitrogen and oxygen atoms in total. The molecule has 0 spiro atoms. The van der Waals surface area contributed by atoms with Crippen molar-refractivity contribution in [3.05, 3.63) is 47.6 Å². The van der Waals surface area contributed by atoms with Crippen molar-refractivity contribution >= 4 is 11.8 Å². The highest BCUT2D eigenvalue weighted by Gasteiger charge is 2.20. The Hall–Kier alpha value is -3.16. The van der Waals surface area contributed by atoms with Crippen LogP contribution < -0.4 is 5.32 Å². The summed E-state index contributed by atoms with van der Waals surface area (Å²) in [4.78, 5) is 18.6. The number of amides is 2. The van der Waals surface area contributed by atoms with Crippen LogP contribution in [-0.4, -0.2) is 37.4 Å². The van der Waals surface area contributed by atoms with E-state index in [0.717, 1.165) is 16.8 Å². The molecule has 3 rings (SSSR count). The summed E-state index contributed by atoms with van der Waals surface area (Å²) in [5.41, 5.74) is 2.77. The van der Waals surface area contributed by atoms with Gasteiger partial charge in [-0.15, -0.1) is 0 Å². The summed E-state index contributed by atoms with van der Waals surface area (Å²) in [6, 6.07) is 9.66. The number of aromatic nitrogens is 4. The van der Waals surface area contributed by atoms with Crippen LogP contribution in [0.3, 0.4) is 0 Å². The quantitative estimate of drug-likeness (QED) is 0.720. The Morgan fingerprint density at radius 2 is 2.00 bits per heavy atom. The second-order valence-electron chi connectivity index (χ2n) is 6.21. The van der Waals surface area contributed by atoms with Crippen LogP contribution in [0.5, 0.6) is 0 Å². The van der Waals surface area contributed by atoms with Gasteiger partial charge in [0.15, 0.2) is 5.82 Å². The number of rotatable bonds is 6. The van der Waals surface area contributed by atoms with Crippen molar-refractivity contribution in [2.45, 2.75) is 33.7 Å². The van der Waals surface area contributed by atoms with E-state index in [1.165, 1.54) is 0 Å². The van der Waals surface area contributed by atoms with Crippen LogP contribution in [0.2, 0.25) is 0 Å². The highest BCUT2D eigenvalue weighted by Crippen LogP contribution is 2.27. The highest BCUT2D eigenvalue weighted by molar-refractivity contribution is 5.90. The van der Waals surface area contributed by atoms with E-state index >= 15 is 0 Å². The van der Waals surface area contributed by atoms with E-state index < -0.39 is 0 Å². The second-order valence-corrected chi connectivity index (χ2v) is 6.21. The minimum atomic E-state index is -0.237. The molecule has 0 aliphatic carbocycles. The predicted octanol–water partition coefficient (Wildman–Crippen LogP) is 3.39. The third-order valence-corrected chi connectivity index (χ3v) is 4.38. The van der Waals surface area contributed by atoms with Crippen molar-refractivity contribution in [2.24, 2.45) is 7.05 Å². The molecule has 0 unspecified atom stereocenters. The monoisotopic (exact) mass is 368 g/mol. The normalized spacial score (nSPS) is 10.8. The number of hydrogen-bond donors (Lipinski definition) is 1. The molecule has 142 valence electrons. The van der Waals surface area contributed by atoms with Gasteiger partial charge in [0.25, 0.3) is 0 Å². The van der Waals surface area contributed by atoms with Crippen molar-refractivity contribution in [2.75, 3.05) is 11.9 Å². The predicted molar refractivity (Wildman–Crippen MR) is 102 cm³/mol. The van der Waals surface area contributed by atoms with Crippen molar-refractivity contribution < 1.29 is 9.32 Å². The molecular formula is C19H24N6O2. The summed E-state index contributed by atoms with van der Waals surface area (Å²) < 4.78 is 6.88. The Kier molecular flexibility index (Phi) is 5.54. The Balaban J connectivity index is 1.77. The van der Waals surface area contributed by atoms with Gasteiger partial charge in [-0.25, -0.2) is 4.79 Å². The van der Waals surface area contributed by atoms with Gasteiger partial charge < -0.3 is 9.42 Å². The summed E-state index contributed by atoms with van der Waals surface area (Å²) in [5.74, 6) is 1.73. The smallest absolute Gasteiger partial charge is 0.323 e. The maximum Gasteiger partial charge on any atom is 0.323 e. The van der Waals surface area contributed by atoms with E-state index in [1.807, 2.05) is 58.2 Å². The van der Waals surface area contributed by atoms with Gasteiger partial charge in [0.2, 0.25) is 5.89 Å². The van der Waals surface area contributed by atoms with Crippen molar-refractivity contribution in [3.8, 4) is 11.3 Å². The molecule has 0 aliphatic heterocycles. The Morgan fingerprint density at radius 3 is 2.63 bits per heavy atom. The van der Waals surface area contributed by atoms with Crippen LogP contribution in [-0.2, 0) is 20.0 Å². The number of anilines is 1. The minimum absolute atomic E-state index is 0.237. The Bertz CT molecular complexity index is 916. The van der Waals surface area contributed by atoms with Gasteiger partial charge in [-0.3, -0.25) is 10.00 Å². The van der Waals surface area contributed by atoms with Crippen LogP contribution in [0.1, 0.15) is 31.1 Å². The molecule has 0 aliphatic rings. The fourth-order valence-corrected chi connectivity index (χ4v) is 2.84. The molecule has 1 N–H and O–H groups in total. The van der Waals surface area contributed by atoms with E-state index in [2.05, 4.69) is 20.6 Å². The number of nitrogens with one attached hydrogen (secondary N) is 1. The summed E-state index contributed by atoms with van der Waals surface area (Å²) >= 11 is 0. The van der Waals surface area contributed by atoms with E-state index in [1.54, 1.807) is 9.58 Å². The van der Waals surface area contributed by atoms with Gasteiger partial charge in [0, 0.05) is 31.1 Å². The lowest BCUT2D eigenvalue weighted by Crippen LogP contribution is -2.35. The zero-order chi connectivity index (χ0) is 19.4. The lowest BCUT2D eigenvalue weighted by molar-refractivity contribution is 0.203. The molecule has 2 aromatic heterocycles. The molecular weight excluding hydrogens is 344 g/mol. The van der Waals surface area contributed by atoms with E-state index in [4.69, 9.17) is 4.52 Å². The number of hydrogen-bond acceptors (Lipinski definition) is 5. The van der Waals surface area contributed by atoms with E-state index in [-0.39, 0.29) is 12.6 Å². The molecule has 0 saturated heterocycles. The van der Waals surface area contributed by atoms with Gasteiger partial charge in [0.05, 0.1) is 5.69 Å². The number of carbonyl (C=O) groups excluding carboxylic acids is 1. The van der Waals surface area contributed by atoms with Gasteiger partial charge >= 0.3 is 6.03 Å². The largest absolute Gasteiger partial charge is 0.337 e. The zero-order valence-electron chi connectivity index (χ0n) is 16.1. The van der Waals surface area contributed by atoms with E-state index in [0.29, 0.717) is 30.5 Å². The van der Waals surface area contributed by atoms with Crippen molar-refractivity contribution in [1.29, 1.82) is 0 Å². The fraction of sp³-hybridized carbons (Fsp3) is 0.368. The first-order valence-corrected chi connectivity index (χ1v) is 8.99. The third-order valence-electron chi connectivity index (χ3n) is 4.38. The van der Waals surface area contributed by atoms with Gasteiger partial charge in [-0.2, -0.15) is 10.1 Å². The molecule has 1 aromatic carbocycles. The number of nitrogens with zero attached hydrogens (tertiary/aromatic N) is 5. The lowest BCUT2D eigenvalue weighted by Gasteiger charge is -2.19. The number of aryl methyl sites for hydroxylation is 2. The van der Waals surface area contributed by atoms with Crippen LogP contribution in [0.4, 0.5) is 10.6 Å². The Labute approximate surface area is 158 Å². The SMILES string of the molecule is CCc1noc(CN(CC)C(=O)Nc2c(C)c(-c3ccccc3)nn2C)n1. The fourth-order valence-electron chi connectivity index (χ4n) is 2.84. The molecule has 3 aromatic rings. The van der Waals surface area contributed by atoms with Gasteiger partial charge in [-0.1, -0.05) is 42.4 Å². The van der Waals surface area contributed by atoms with Gasteiger partial charge in [0.1, 0.15) is 12.4 Å². The Morgan fingerprint density at radius 1 is 1.26 bits per heavy atom. The maximum atomic E-state index is 12.8. The summed E-state index contributed by atoms with van der Waals surface area (Å²) in [6.07, 6.45) is 0.693. The lowest BCUT2D eigenvalue weighted by atomic mass is 10.1. The highest BCUT2D eigenvalue weighted by atomic mass is 16.5. The number of carbonyl (C=O) groups is 1. The topological polar surface area (TPSA) is 89.1 Å². The number of urea groups is 1. The summed E-state index contributed by atoms with van der Waals surface area (Å²) in [7, 11) is 1.82. The van der Waals surface area contributed by atoms with Crippen LogP contribution in [0.25, 0.3) is 11.3 Å². The third kappa shape index (κ3) is 3.99. The molecule has 0 bridgehead atoms. The van der Waals surface area contributed by atoms with Crippen LogP contribution in [0.15, 0.2) is 34.9 Å². The molecule has 0 saturated carbocycles. The van der Waals surface area contributed by atoms with Crippen molar-refractivity contribution in [3.63, 3.8) is 0 Å². The summed E-state index contributed by atoms with van der Waals surface area (Å²) in [6.45, 7) is 6.58. The van der Waals surface area contributed by atoms with Crippen LogP contribution in [0, 0.1) is 6.92 Å². The van der Waals surface area contributed by atoms with Crippen molar-refractivity contribution in [1.82, 2.24) is 24.8 Å². The standard InChI is InChI=1S/C19H24N6O2/c1-5-15-20-16(27-23-15)12-25(6-2)19(26)21-18-13(3)17(22-24(18)4)14-10-8-7-9-11-14/h7-11H,5-6,12H2,1-4H3,(H,21,26). The average Bonchev–Trinajstić information content (AvgIpc) is 3.26. The van der Waals surface area contributed by atoms with E-state index in [9.17, 15) is 4.79 Å². The first-order chi connectivity index (χ1) is 13.0. The second kappa shape index (κ2) is 8.03. The van der Waals surface area contributed by atoms with Gasteiger partial charge in [-0.05, 0) is 13.8 Å².